The highest BCUT2D eigenvalue weighted by Gasteiger charge is 2.20. The predicted octanol–water partition coefficient (Wildman–Crippen LogP) is 4.20. The predicted molar refractivity (Wildman–Crippen MR) is 112 cm³/mol. The summed E-state index contributed by atoms with van der Waals surface area (Å²) in [5, 5.41) is 0. The summed E-state index contributed by atoms with van der Waals surface area (Å²) >= 11 is 0. The Morgan fingerprint density at radius 1 is 1.11 bits per heavy atom. The largest absolute Gasteiger partial charge is 0.497 e. The SMILES string of the molecule is COc1ccc(OCc2ccccn2)c(CN2CCCc3c(N)cccc32)c1. The average Bonchev–Trinajstić information content (AvgIpc) is 2.74. The molecule has 28 heavy (non-hydrogen) atoms. The van der Waals surface area contributed by atoms with Crippen molar-refractivity contribution >= 4 is 11.4 Å². The van der Waals surface area contributed by atoms with E-state index in [1.165, 1.54) is 11.3 Å². The Hall–Kier alpha value is -3.21. The smallest absolute Gasteiger partial charge is 0.130 e. The molecule has 0 saturated heterocycles. The molecule has 4 rings (SSSR count). The molecule has 5 heteroatoms. The van der Waals surface area contributed by atoms with Gasteiger partial charge in [-0.1, -0.05) is 12.1 Å². The average molecular weight is 375 g/mol. The molecule has 0 saturated carbocycles. The van der Waals surface area contributed by atoms with Gasteiger partial charge in [0.2, 0.25) is 0 Å². The van der Waals surface area contributed by atoms with Crippen LogP contribution in [0.5, 0.6) is 11.5 Å². The van der Waals surface area contributed by atoms with Crippen LogP contribution < -0.4 is 20.1 Å². The van der Waals surface area contributed by atoms with Gasteiger partial charge in [0.05, 0.1) is 12.8 Å². The molecule has 0 unspecified atom stereocenters. The number of hydrogen-bond donors (Lipinski definition) is 1. The first-order chi connectivity index (χ1) is 13.7. The molecule has 2 N–H and O–H groups in total. The fourth-order valence-corrected chi connectivity index (χ4v) is 3.68. The summed E-state index contributed by atoms with van der Waals surface area (Å²) in [6.45, 7) is 2.17. The lowest BCUT2D eigenvalue weighted by Gasteiger charge is -2.32. The van der Waals surface area contributed by atoms with Gasteiger partial charge in [-0.25, -0.2) is 0 Å². The molecular weight excluding hydrogens is 350 g/mol. The van der Waals surface area contributed by atoms with Crippen LogP contribution in [0.25, 0.3) is 0 Å². The first-order valence-electron chi connectivity index (χ1n) is 9.56. The highest BCUT2D eigenvalue weighted by atomic mass is 16.5. The highest BCUT2D eigenvalue weighted by Crippen LogP contribution is 2.34. The van der Waals surface area contributed by atoms with E-state index >= 15 is 0 Å². The number of nitrogens with zero attached hydrogens (tertiary/aromatic N) is 2. The molecule has 0 fully saturated rings. The lowest BCUT2D eigenvalue weighted by Crippen LogP contribution is -2.29. The van der Waals surface area contributed by atoms with Crippen molar-refractivity contribution in [2.75, 3.05) is 24.3 Å². The van der Waals surface area contributed by atoms with E-state index in [1.807, 2.05) is 48.5 Å². The fourth-order valence-electron chi connectivity index (χ4n) is 3.68. The summed E-state index contributed by atoms with van der Waals surface area (Å²) in [5.74, 6) is 1.67. The van der Waals surface area contributed by atoms with Gasteiger partial charge in [0.15, 0.2) is 0 Å². The van der Waals surface area contributed by atoms with Gasteiger partial charge in [-0.2, -0.15) is 0 Å². The van der Waals surface area contributed by atoms with E-state index in [0.29, 0.717) is 6.61 Å². The summed E-state index contributed by atoms with van der Waals surface area (Å²) < 4.78 is 11.6. The van der Waals surface area contributed by atoms with E-state index in [-0.39, 0.29) is 0 Å². The second-order valence-electron chi connectivity index (χ2n) is 6.95. The Morgan fingerprint density at radius 3 is 2.86 bits per heavy atom. The number of hydrogen-bond acceptors (Lipinski definition) is 5. The maximum Gasteiger partial charge on any atom is 0.130 e. The molecule has 3 aromatic rings. The fraction of sp³-hybridized carbons (Fsp3) is 0.261. The van der Waals surface area contributed by atoms with Crippen molar-refractivity contribution in [2.45, 2.75) is 26.0 Å². The van der Waals surface area contributed by atoms with E-state index in [4.69, 9.17) is 15.2 Å². The van der Waals surface area contributed by atoms with Crippen LogP contribution in [0.3, 0.4) is 0 Å². The summed E-state index contributed by atoms with van der Waals surface area (Å²) in [5.41, 5.74) is 11.5. The normalized spacial score (nSPS) is 13.1. The zero-order valence-electron chi connectivity index (χ0n) is 16.1. The van der Waals surface area contributed by atoms with Crippen LogP contribution in [-0.4, -0.2) is 18.6 Å². The molecule has 2 aromatic carbocycles. The summed E-state index contributed by atoms with van der Waals surface area (Å²) in [4.78, 5) is 6.71. The van der Waals surface area contributed by atoms with Gasteiger partial charge in [-0.05, 0) is 60.9 Å². The van der Waals surface area contributed by atoms with Gasteiger partial charge in [0.1, 0.15) is 18.1 Å². The van der Waals surface area contributed by atoms with Crippen LogP contribution in [0.1, 0.15) is 23.2 Å². The van der Waals surface area contributed by atoms with Gasteiger partial charge in [-0.3, -0.25) is 4.98 Å². The zero-order valence-corrected chi connectivity index (χ0v) is 16.1. The molecule has 0 radical (unpaired) electrons. The van der Waals surface area contributed by atoms with E-state index in [1.54, 1.807) is 13.3 Å². The van der Waals surface area contributed by atoms with Gasteiger partial charge < -0.3 is 20.1 Å². The Bertz CT molecular complexity index is 944. The van der Waals surface area contributed by atoms with Crippen molar-refractivity contribution in [3.63, 3.8) is 0 Å². The lowest BCUT2D eigenvalue weighted by molar-refractivity contribution is 0.297. The minimum absolute atomic E-state index is 0.434. The number of aromatic nitrogens is 1. The van der Waals surface area contributed by atoms with E-state index in [9.17, 15) is 0 Å². The zero-order chi connectivity index (χ0) is 19.3. The van der Waals surface area contributed by atoms with Crippen LogP contribution in [0.2, 0.25) is 0 Å². The van der Waals surface area contributed by atoms with Gasteiger partial charge in [-0.15, -0.1) is 0 Å². The number of anilines is 2. The lowest BCUT2D eigenvalue weighted by atomic mass is 9.99. The standard InChI is InChI=1S/C23H25N3O2/c1-27-19-10-11-23(28-16-18-6-2-3-12-25-18)17(14-19)15-26-13-5-7-20-21(24)8-4-9-22(20)26/h2-4,6,8-12,14H,5,7,13,15-16,24H2,1H3. The minimum Gasteiger partial charge on any atom is -0.497 e. The molecule has 1 aromatic heterocycles. The van der Waals surface area contributed by atoms with Crippen molar-refractivity contribution in [1.82, 2.24) is 4.98 Å². The molecule has 2 heterocycles. The number of nitrogen functional groups attached to an aromatic ring is 1. The molecule has 1 aliphatic heterocycles. The quantitative estimate of drug-likeness (QED) is 0.654. The second kappa shape index (κ2) is 8.21. The molecule has 0 bridgehead atoms. The number of pyridine rings is 1. The van der Waals surface area contributed by atoms with Crippen LogP contribution in [0, 0.1) is 0 Å². The summed E-state index contributed by atoms with van der Waals surface area (Å²) in [6.07, 6.45) is 3.90. The number of methoxy groups -OCH3 is 1. The first-order valence-corrected chi connectivity index (χ1v) is 9.56. The third-order valence-corrected chi connectivity index (χ3v) is 5.11. The van der Waals surface area contributed by atoms with E-state index in [2.05, 4.69) is 16.0 Å². The Labute approximate surface area is 165 Å². The Balaban J connectivity index is 1.59. The van der Waals surface area contributed by atoms with E-state index < -0.39 is 0 Å². The molecule has 0 aliphatic carbocycles. The maximum absolute atomic E-state index is 6.21. The topological polar surface area (TPSA) is 60.6 Å². The van der Waals surface area contributed by atoms with Crippen molar-refractivity contribution in [3.05, 3.63) is 77.6 Å². The van der Waals surface area contributed by atoms with Crippen molar-refractivity contribution in [3.8, 4) is 11.5 Å². The first kappa shape index (κ1) is 18.2. The van der Waals surface area contributed by atoms with Crippen LogP contribution in [-0.2, 0) is 19.6 Å². The van der Waals surface area contributed by atoms with Gasteiger partial charge >= 0.3 is 0 Å². The Kier molecular flexibility index (Phi) is 5.33. The molecule has 0 spiro atoms. The van der Waals surface area contributed by atoms with E-state index in [0.717, 1.165) is 54.4 Å². The molecule has 0 atom stereocenters. The van der Waals surface area contributed by atoms with Crippen molar-refractivity contribution in [2.24, 2.45) is 0 Å². The van der Waals surface area contributed by atoms with Crippen molar-refractivity contribution < 1.29 is 9.47 Å². The second-order valence-corrected chi connectivity index (χ2v) is 6.95. The summed E-state index contributed by atoms with van der Waals surface area (Å²) in [7, 11) is 1.68. The molecule has 1 aliphatic rings. The number of rotatable bonds is 6. The number of benzene rings is 2. The molecule has 144 valence electrons. The molecule has 5 nitrogen and oxygen atoms in total. The van der Waals surface area contributed by atoms with Gasteiger partial charge in [0.25, 0.3) is 0 Å². The number of fused-ring (bicyclic) bond motifs is 1. The van der Waals surface area contributed by atoms with Crippen LogP contribution in [0.4, 0.5) is 11.4 Å². The van der Waals surface area contributed by atoms with Crippen molar-refractivity contribution in [1.29, 1.82) is 0 Å². The van der Waals surface area contributed by atoms with Gasteiger partial charge in [0, 0.05) is 36.2 Å². The molecule has 0 amide bonds. The van der Waals surface area contributed by atoms with Crippen LogP contribution in [0.15, 0.2) is 60.8 Å². The van der Waals surface area contributed by atoms with Crippen LogP contribution >= 0.6 is 0 Å². The Morgan fingerprint density at radius 2 is 2.04 bits per heavy atom. The monoisotopic (exact) mass is 375 g/mol. The minimum atomic E-state index is 0.434. The maximum atomic E-state index is 6.21. The number of ether oxygens (including phenoxy) is 2. The molecular formula is C23H25N3O2. The third kappa shape index (κ3) is 3.88. The third-order valence-electron chi connectivity index (χ3n) is 5.11. The highest BCUT2D eigenvalue weighted by molar-refractivity contribution is 5.66. The summed E-state index contributed by atoms with van der Waals surface area (Å²) in [6, 6.07) is 17.9. The number of nitrogens with two attached hydrogens (primary N) is 1.